The number of aliphatic hydroxyl groups is 1. The van der Waals surface area contributed by atoms with Gasteiger partial charge in [-0.05, 0) is 36.8 Å². The van der Waals surface area contributed by atoms with E-state index in [4.69, 9.17) is 0 Å². The normalized spacial score (nSPS) is 25.9. The Hall–Kier alpha value is -2.23. The zero-order chi connectivity index (χ0) is 17.5. The number of aliphatic hydroxyl groups excluding tert-OH is 1. The molecule has 6 heteroatoms. The highest BCUT2D eigenvalue weighted by Gasteiger charge is 2.72. The Morgan fingerprint density at radius 1 is 1.25 bits per heavy atom. The molecule has 2 aromatic rings. The standard InChI is InChI=1S/C18H16FNO3S/c1-12-5-7-15(8-6-12)24(22,23)17-16(18(17,10-20)11-21)13-3-2-4-14(19)9-13/h2-9,16-17,21H,11H2,1H3/t16-,17-,18+/m1/s1. The van der Waals surface area contributed by atoms with Crippen molar-refractivity contribution in [1.29, 1.82) is 5.26 Å². The van der Waals surface area contributed by atoms with Gasteiger partial charge in [-0.25, -0.2) is 12.8 Å². The number of halogens is 1. The summed E-state index contributed by atoms with van der Waals surface area (Å²) in [4.78, 5) is 0.102. The first-order valence-corrected chi connectivity index (χ1v) is 8.99. The maximum Gasteiger partial charge on any atom is 0.183 e. The van der Waals surface area contributed by atoms with E-state index in [1.807, 2.05) is 13.0 Å². The van der Waals surface area contributed by atoms with Crippen LogP contribution in [0.1, 0.15) is 17.0 Å². The molecule has 0 bridgehead atoms. The Labute approximate surface area is 140 Å². The van der Waals surface area contributed by atoms with Crippen LogP contribution in [-0.2, 0) is 9.84 Å². The molecule has 3 rings (SSSR count). The summed E-state index contributed by atoms with van der Waals surface area (Å²) < 4.78 is 39.4. The first-order chi connectivity index (χ1) is 11.4. The highest BCUT2D eigenvalue weighted by atomic mass is 32.2. The van der Waals surface area contributed by atoms with Gasteiger partial charge < -0.3 is 5.11 Å². The van der Waals surface area contributed by atoms with E-state index in [1.165, 1.54) is 30.3 Å². The van der Waals surface area contributed by atoms with Crippen molar-refractivity contribution in [2.45, 2.75) is 23.0 Å². The summed E-state index contributed by atoms with van der Waals surface area (Å²) in [6.07, 6.45) is 0. The molecule has 1 aliphatic rings. The summed E-state index contributed by atoms with van der Waals surface area (Å²) >= 11 is 0. The largest absolute Gasteiger partial charge is 0.395 e. The average molecular weight is 345 g/mol. The van der Waals surface area contributed by atoms with Crippen molar-refractivity contribution in [3.8, 4) is 6.07 Å². The minimum absolute atomic E-state index is 0.102. The summed E-state index contributed by atoms with van der Waals surface area (Å²) in [5, 5.41) is 18.1. The predicted octanol–water partition coefficient (Wildman–Crippen LogP) is 2.58. The first-order valence-electron chi connectivity index (χ1n) is 7.45. The molecule has 0 spiro atoms. The molecule has 0 amide bonds. The van der Waals surface area contributed by atoms with Gasteiger partial charge in [0, 0.05) is 5.92 Å². The Balaban J connectivity index is 2.08. The quantitative estimate of drug-likeness (QED) is 0.924. The van der Waals surface area contributed by atoms with Crippen LogP contribution in [0.4, 0.5) is 4.39 Å². The van der Waals surface area contributed by atoms with Crippen LogP contribution in [0.25, 0.3) is 0 Å². The molecule has 0 aliphatic heterocycles. The number of hydrogen-bond donors (Lipinski definition) is 1. The lowest BCUT2D eigenvalue weighted by Gasteiger charge is -2.06. The number of rotatable bonds is 4. The van der Waals surface area contributed by atoms with E-state index in [1.54, 1.807) is 18.2 Å². The molecule has 0 unspecified atom stereocenters. The molecular weight excluding hydrogens is 329 g/mol. The van der Waals surface area contributed by atoms with Gasteiger partial charge in [0.05, 0.1) is 22.8 Å². The van der Waals surface area contributed by atoms with Gasteiger partial charge in [-0.15, -0.1) is 0 Å². The summed E-state index contributed by atoms with van der Waals surface area (Å²) in [6, 6.07) is 13.8. The molecule has 2 aromatic carbocycles. The second-order valence-electron chi connectivity index (χ2n) is 6.12. The van der Waals surface area contributed by atoms with E-state index < -0.39 is 38.8 Å². The van der Waals surface area contributed by atoms with Crippen molar-refractivity contribution in [2.75, 3.05) is 6.61 Å². The summed E-state index contributed by atoms with van der Waals surface area (Å²) in [7, 11) is -3.83. The maximum absolute atomic E-state index is 13.5. The predicted molar refractivity (Wildman–Crippen MR) is 86.4 cm³/mol. The van der Waals surface area contributed by atoms with E-state index in [-0.39, 0.29) is 4.90 Å². The molecule has 1 fully saturated rings. The molecule has 3 atom stereocenters. The van der Waals surface area contributed by atoms with Crippen molar-refractivity contribution in [3.05, 3.63) is 65.5 Å². The van der Waals surface area contributed by atoms with Gasteiger partial charge in [-0.1, -0.05) is 29.8 Å². The van der Waals surface area contributed by atoms with Crippen molar-refractivity contribution >= 4 is 9.84 Å². The fourth-order valence-electron chi connectivity index (χ4n) is 3.26. The monoisotopic (exact) mass is 345 g/mol. The number of sulfone groups is 1. The maximum atomic E-state index is 13.5. The smallest absolute Gasteiger partial charge is 0.183 e. The topological polar surface area (TPSA) is 78.2 Å². The van der Waals surface area contributed by atoms with Gasteiger partial charge in [0.25, 0.3) is 0 Å². The number of aryl methyl sites for hydroxylation is 1. The lowest BCUT2D eigenvalue weighted by molar-refractivity contribution is 0.242. The van der Waals surface area contributed by atoms with Crippen LogP contribution >= 0.6 is 0 Å². The van der Waals surface area contributed by atoms with E-state index in [9.17, 15) is 23.2 Å². The fourth-order valence-corrected chi connectivity index (χ4v) is 5.58. The van der Waals surface area contributed by atoms with Crippen molar-refractivity contribution in [3.63, 3.8) is 0 Å². The Kier molecular flexibility index (Phi) is 3.94. The van der Waals surface area contributed by atoms with Crippen molar-refractivity contribution in [1.82, 2.24) is 0 Å². The van der Waals surface area contributed by atoms with Crippen LogP contribution < -0.4 is 0 Å². The third kappa shape index (κ3) is 2.41. The average Bonchev–Trinajstić information content (AvgIpc) is 3.26. The van der Waals surface area contributed by atoms with Gasteiger partial charge in [-0.3, -0.25) is 0 Å². The summed E-state index contributed by atoms with van der Waals surface area (Å²) in [5.74, 6) is -1.26. The highest BCUT2D eigenvalue weighted by molar-refractivity contribution is 7.92. The zero-order valence-electron chi connectivity index (χ0n) is 13.0. The van der Waals surface area contributed by atoms with Gasteiger partial charge in [-0.2, -0.15) is 5.26 Å². The molecule has 1 N–H and O–H groups in total. The Bertz CT molecular complexity index is 918. The molecule has 1 saturated carbocycles. The van der Waals surface area contributed by atoms with Gasteiger partial charge >= 0.3 is 0 Å². The van der Waals surface area contributed by atoms with Gasteiger partial charge in [0.1, 0.15) is 11.2 Å². The molecule has 0 aromatic heterocycles. The van der Waals surface area contributed by atoms with Crippen LogP contribution in [0.5, 0.6) is 0 Å². The second kappa shape index (κ2) is 5.69. The van der Waals surface area contributed by atoms with Crippen LogP contribution in [0.3, 0.4) is 0 Å². The molecule has 0 heterocycles. The minimum atomic E-state index is -3.83. The lowest BCUT2D eigenvalue weighted by atomic mass is 10.0. The zero-order valence-corrected chi connectivity index (χ0v) is 13.8. The highest BCUT2D eigenvalue weighted by Crippen LogP contribution is 2.63. The third-order valence-electron chi connectivity index (χ3n) is 4.62. The van der Waals surface area contributed by atoms with Crippen LogP contribution in [0.2, 0.25) is 0 Å². The van der Waals surface area contributed by atoms with Crippen LogP contribution in [-0.4, -0.2) is 25.4 Å². The van der Waals surface area contributed by atoms with Crippen LogP contribution in [0, 0.1) is 29.5 Å². The number of benzene rings is 2. The van der Waals surface area contributed by atoms with E-state index >= 15 is 0 Å². The van der Waals surface area contributed by atoms with Crippen molar-refractivity contribution in [2.24, 2.45) is 5.41 Å². The Morgan fingerprint density at radius 2 is 1.92 bits per heavy atom. The molecule has 24 heavy (non-hydrogen) atoms. The molecule has 4 nitrogen and oxygen atoms in total. The minimum Gasteiger partial charge on any atom is -0.395 e. The van der Waals surface area contributed by atoms with Crippen LogP contribution in [0.15, 0.2) is 53.4 Å². The number of nitrogens with zero attached hydrogens (tertiary/aromatic N) is 1. The van der Waals surface area contributed by atoms with E-state index in [2.05, 4.69) is 0 Å². The fraction of sp³-hybridized carbons (Fsp3) is 0.278. The molecule has 1 aliphatic carbocycles. The summed E-state index contributed by atoms with van der Waals surface area (Å²) in [5.41, 5.74) is -0.122. The first kappa shape index (κ1) is 16.6. The van der Waals surface area contributed by atoms with Gasteiger partial charge in [0.2, 0.25) is 0 Å². The van der Waals surface area contributed by atoms with Gasteiger partial charge in [0.15, 0.2) is 9.84 Å². The molecule has 0 saturated heterocycles. The lowest BCUT2D eigenvalue weighted by Crippen LogP contribution is -2.18. The number of hydrogen-bond acceptors (Lipinski definition) is 4. The van der Waals surface area contributed by atoms with E-state index in [0.29, 0.717) is 5.56 Å². The Morgan fingerprint density at radius 3 is 2.46 bits per heavy atom. The second-order valence-corrected chi connectivity index (χ2v) is 8.19. The number of nitriles is 1. The molecule has 124 valence electrons. The molecular formula is C18H16FNO3S. The third-order valence-corrected chi connectivity index (χ3v) is 6.91. The SMILES string of the molecule is Cc1ccc(S(=O)(=O)[C@@H]2[C@@H](c3cccc(F)c3)[C@]2(C#N)CO)cc1. The van der Waals surface area contributed by atoms with E-state index in [0.717, 1.165) is 5.56 Å². The summed E-state index contributed by atoms with van der Waals surface area (Å²) in [6.45, 7) is 1.25. The van der Waals surface area contributed by atoms with Crippen molar-refractivity contribution < 1.29 is 17.9 Å². The molecule has 0 radical (unpaired) electrons.